The summed E-state index contributed by atoms with van der Waals surface area (Å²) in [6.07, 6.45) is 1.61. The van der Waals surface area contributed by atoms with Gasteiger partial charge < -0.3 is 10.4 Å². The third-order valence-electron chi connectivity index (χ3n) is 3.59. The van der Waals surface area contributed by atoms with Crippen molar-refractivity contribution in [2.75, 3.05) is 6.61 Å². The van der Waals surface area contributed by atoms with E-state index < -0.39 is 0 Å². The van der Waals surface area contributed by atoms with Gasteiger partial charge in [0.25, 0.3) is 0 Å². The van der Waals surface area contributed by atoms with Crippen molar-refractivity contribution < 1.29 is 9.90 Å². The highest BCUT2D eigenvalue weighted by Gasteiger charge is 2.16. The van der Waals surface area contributed by atoms with Crippen molar-refractivity contribution in [1.29, 1.82) is 0 Å². The van der Waals surface area contributed by atoms with Crippen molar-refractivity contribution >= 4 is 37.8 Å². The van der Waals surface area contributed by atoms with Gasteiger partial charge in [0.1, 0.15) is 0 Å². The van der Waals surface area contributed by atoms with E-state index in [1.165, 1.54) is 0 Å². The first kappa shape index (κ1) is 18.2. The summed E-state index contributed by atoms with van der Waals surface area (Å²) < 4.78 is 1.97. The van der Waals surface area contributed by atoms with E-state index in [1.807, 2.05) is 48.5 Å². The average molecular weight is 441 g/mol. The first-order valence-electron chi connectivity index (χ1n) is 7.49. The lowest BCUT2D eigenvalue weighted by atomic mass is 10.0. The molecular weight excluding hydrogens is 422 g/mol. The fourth-order valence-electron chi connectivity index (χ4n) is 2.37. The van der Waals surface area contributed by atoms with Crippen LogP contribution in [0.2, 0.25) is 0 Å². The van der Waals surface area contributed by atoms with E-state index in [1.54, 1.807) is 0 Å². The van der Waals surface area contributed by atoms with Gasteiger partial charge in [-0.15, -0.1) is 0 Å². The number of hydrogen-bond donors (Lipinski definition) is 2. The number of aliphatic hydroxyl groups is 1. The molecule has 2 N–H and O–H groups in total. The molecule has 23 heavy (non-hydrogen) atoms. The van der Waals surface area contributed by atoms with Crippen LogP contribution in [0.1, 0.15) is 30.0 Å². The summed E-state index contributed by atoms with van der Waals surface area (Å²) in [5, 5.41) is 12.3. The summed E-state index contributed by atoms with van der Waals surface area (Å²) in [6, 6.07) is 15.5. The van der Waals surface area contributed by atoms with Crippen molar-refractivity contribution in [3.63, 3.8) is 0 Å². The van der Waals surface area contributed by atoms with Crippen LogP contribution in [0.15, 0.2) is 57.5 Å². The third kappa shape index (κ3) is 5.75. The first-order chi connectivity index (χ1) is 11.1. The molecule has 0 unspecified atom stereocenters. The van der Waals surface area contributed by atoms with Crippen molar-refractivity contribution in [2.45, 2.75) is 25.3 Å². The molecule has 0 spiro atoms. The Morgan fingerprint density at radius 2 is 1.78 bits per heavy atom. The van der Waals surface area contributed by atoms with Crippen molar-refractivity contribution in [3.8, 4) is 0 Å². The molecule has 1 amide bonds. The van der Waals surface area contributed by atoms with E-state index in [0.717, 1.165) is 20.1 Å². The smallest absolute Gasteiger partial charge is 0.220 e. The summed E-state index contributed by atoms with van der Waals surface area (Å²) in [6.45, 7) is 0.0268. The van der Waals surface area contributed by atoms with E-state index in [2.05, 4.69) is 37.2 Å². The van der Waals surface area contributed by atoms with Crippen LogP contribution < -0.4 is 5.32 Å². The minimum Gasteiger partial charge on any atom is -0.396 e. The number of aliphatic hydroxyl groups excluding tert-OH is 1. The maximum atomic E-state index is 12.2. The van der Waals surface area contributed by atoms with E-state index >= 15 is 0 Å². The second-order valence-corrected chi connectivity index (χ2v) is 7.05. The predicted octanol–water partition coefficient (Wildman–Crippen LogP) is 4.38. The largest absolute Gasteiger partial charge is 0.396 e. The number of amides is 1. The Hall–Kier alpha value is -1.17. The molecule has 0 heterocycles. The Bertz CT molecular complexity index is 644. The summed E-state index contributed by atoms with van der Waals surface area (Å²) >= 11 is 6.90. The second kappa shape index (κ2) is 9.21. The zero-order valence-corrected chi connectivity index (χ0v) is 15.8. The minimum atomic E-state index is -0.187. The van der Waals surface area contributed by atoms with Gasteiger partial charge in [0.05, 0.1) is 6.04 Å². The second-order valence-electron chi connectivity index (χ2n) is 5.28. The third-order valence-corrected chi connectivity index (χ3v) is 4.84. The Balaban J connectivity index is 1.95. The number of carbonyl (C=O) groups is 1. The van der Waals surface area contributed by atoms with Crippen LogP contribution in [-0.4, -0.2) is 17.6 Å². The molecule has 2 aromatic carbocycles. The van der Waals surface area contributed by atoms with E-state index in [4.69, 9.17) is 0 Å². The molecule has 0 aliphatic rings. The zero-order chi connectivity index (χ0) is 16.7. The zero-order valence-electron chi connectivity index (χ0n) is 12.6. The summed E-state index contributed by atoms with van der Waals surface area (Å²) in [4.78, 5) is 12.2. The first-order valence-corrected chi connectivity index (χ1v) is 9.08. The normalized spacial score (nSPS) is 12.0. The van der Waals surface area contributed by atoms with Crippen molar-refractivity contribution in [2.24, 2.45) is 0 Å². The SMILES string of the molecule is O=C(CCc1ccc(Br)cc1)N[C@H](CCO)c1ccccc1Br. The van der Waals surface area contributed by atoms with Crippen LogP contribution >= 0.6 is 31.9 Å². The number of benzene rings is 2. The van der Waals surface area contributed by atoms with Gasteiger partial charge in [-0.3, -0.25) is 4.79 Å². The monoisotopic (exact) mass is 439 g/mol. The van der Waals surface area contributed by atoms with Gasteiger partial charge in [-0.05, 0) is 42.2 Å². The number of hydrogen-bond acceptors (Lipinski definition) is 2. The Morgan fingerprint density at radius 3 is 2.43 bits per heavy atom. The van der Waals surface area contributed by atoms with Crippen LogP contribution in [0.5, 0.6) is 0 Å². The molecule has 0 aliphatic carbocycles. The number of rotatable bonds is 7. The molecule has 3 nitrogen and oxygen atoms in total. The molecule has 0 saturated heterocycles. The van der Waals surface area contributed by atoms with Gasteiger partial charge in [0, 0.05) is 22.0 Å². The van der Waals surface area contributed by atoms with Crippen LogP contribution in [-0.2, 0) is 11.2 Å². The van der Waals surface area contributed by atoms with Gasteiger partial charge in [0.15, 0.2) is 0 Å². The fraction of sp³-hybridized carbons (Fsp3) is 0.278. The van der Waals surface area contributed by atoms with Gasteiger partial charge in [-0.2, -0.15) is 0 Å². The van der Waals surface area contributed by atoms with Crippen LogP contribution in [0.3, 0.4) is 0 Å². The highest BCUT2D eigenvalue weighted by Crippen LogP contribution is 2.25. The molecule has 1 atom stereocenters. The van der Waals surface area contributed by atoms with Gasteiger partial charge in [-0.25, -0.2) is 0 Å². The number of aryl methyl sites for hydroxylation is 1. The average Bonchev–Trinajstić information content (AvgIpc) is 2.54. The Labute approximate surface area is 153 Å². The van der Waals surface area contributed by atoms with E-state index in [9.17, 15) is 9.90 Å². The maximum absolute atomic E-state index is 12.2. The molecule has 2 aromatic rings. The summed E-state index contributed by atoms with van der Waals surface area (Å²) in [5.41, 5.74) is 2.11. The van der Waals surface area contributed by atoms with Crippen molar-refractivity contribution in [3.05, 3.63) is 68.6 Å². The minimum absolute atomic E-state index is 0.0119. The molecular formula is C18H19Br2NO2. The van der Waals surface area contributed by atoms with E-state index in [0.29, 0.717) is 19.3 Å². The molecule has 0 saturated carbocycles. The lowest BCUT2D eigenvalue weighted by Crippen LogP contribution is -2.29. The highest BCUT2D eigenvalue weighted by molar-refractivity contribution is 9.10. The quantitative estimate of drug-likeness (QED) is 0.670. The topological polar surface area (TPSA) is 49.3 Å². The van der Waals surface area contributed by atoms with Crippen LogP contribution in [0.25, 0.3) is 0 Å². The van der Waals surface area contributed by atoms with Crippen LogP contribution in [0, 0.1) is 0 Å². The van der Waals surface area contributed by atoms with Gasteiger partial charge >= 0.3 is 0 Å². The molecule has 122 valence electrons. The molecule has 0 aromatic heterocycles. The van der Waals surface area contributed by atoms with Crippen LogP contribution in [0.4, 0.5) is 0 Å². The Kier molecular flexibility index (Phi) is 7.27. The molecule has 5 heteroatoms. The standard InChI is InChI=1S/C18H19Br2NO2/c19-14-8-5-13(6-9-14)7-10-18(23)21-17(11-12-22)15-3-1-2-4-16(15)20/h1-6,8-9,17,22H,7,10-12H2,(H,21,23)/t17-/m1/s1. The Morgan fingerprint density at radius 1 is 1.09 bits per heavy atom. The number of halogens is 2. The lowest BCUT2D eigenvalue weighted by molar-refractivity contribution is -0.121. The number of carbonyl (C=O) groups excluding carboxylic acids is 1. The van der Waals surface area contributed by atoms with Crippen molar-refractivity contribution in [1.82, 2.24) is 5.32 Å². The summed E-state index contributed by atoms with van der Waals surface area (Å²) in [5.74, 6) is -0.0119. The van der Waals surface area contributed by atoms with E-state index in [-0.39, 0.29) is 18.6 Å². The molecule has 0 fully saturated rings. The lowest BCUT2D eigenvalue weighted by Gasteiger charge is -2.19. The maximum Gasteiger partial charge on any atom is 0.220 e. The fourth-order valence-corrected chi connectivity index (χ4v) is 3.19. The highest BCUT2D eigenvalue weighted by atomic mass is 79.9. The van der Waals surface area contributed by atoms with Gasteiger partial charge in [0.2, 0.25) is 5.91 Å². The molecule has 0 aliphatic heterocycles. The van der Waals surface area contributed by atoms with Gasteiger partial charge in [-0.1, -0.05) is 62.2 Å². The molecule has 2 rings (SSSR count). The molecule has 0 radical (unpaired) electrons. The molecule has 0 bridgehead atoms. The summed E-state index contributed by atoms with van der Waals surface area (Å²) in [7, 11) is 0. The number of nitrogens with one attached hydrogen (secondary N) is 1. The predicted molar refractivity (Wildman–Crippen MR) is 99.2 cm³/mol.